The highest BCUT2D eigenvalue weighted by atomic mass is 16.5. The lowest BCUT2D eigenvalue weighted by Crippen LogP contribution is -2.38. The van der Waals surface area contributed by atoms with Crippen LogP contribution in [0.5, 0.6) is 0 Å². The molecular formula is C13H22N4O. The number of anilines is 3. The van der Waals surface area contributed by atoms with Crippen LogP contribution in [0.3, 0.4) is 0 Å². The normalized spacial score (nSPS) is 16.1. The maximum Gasteiger partial charge on any atom is 0.0751 e. The second kappa shape index (κ2) is 5.46. The zero-order chi connectivity index (χ0) is 13.1. The van der Waals surface area contributed by atoms with Crippen LogP contribution in [0.15, 0.2) is 18.2 Å². The third-order valence-electron chi connectivity index (χ3n) is 3.22. The molecule has 0 radical (unpaired) electrons. The number of hydrogen-bond acceptors (Lipinski definition) is 5. The highest BCUT2D eigenvalue weighted by Gasteiger charge is 2.14. The Labute approximate surface area is 108 Å². The highest BCUT2D eigenvalue weighted by molar-refractivity contribution is 5.72. The molecular weight excluding hydrogens is 228 g/mol. The predicted octanol–water partition coefficient (Wildman–Crippen LogP) is 1.19. The molecule has 1 aromatic carbocycles. The fourth-order valence-corrected chi connectivity index (χ4v) is 2.07. The molecule has 0 aromatic heterocycles. The third kappa shape index (κ3) is 2.68. The molecule has 0 bridgehead atoms. The molecule has 0 amide bonds. The van der Waals surface area contributed by atoms with Crippen molar-refractivity contribution in [3.05, 3.63) is 18.2 Å². The number of nitrogens with two attached hydrogens (primary N) is 2. The van der Waals surface area contributed by atoms with E-state index in [-0.39, 0.29) is 6.04 Å². The Hall–Kier alpha value is -1.46. The van der Waals surface area contributed by atoms with Crippen molar-refractivity contribution in [1.82, 2.24) is 0 Å². The van der Waals surface area contributed by atoms with Crippen LogP contribution in [0.4, 0.5) is 17.1 Å². The van der Waals surface area contributed by atoms with E-state index in [1.54, 1.807) is 5.01 Å². The summed E-state index contributed by atoms with van der Waals surface area (Å²) in [6.07, 6.45) is 0. The molecule has 1 aliphatic rings. The first-order chi connectivity index (χ1) is 8.59. The summed E-state index contributed by atoms with van der Waals surface area (Å²) in [6, 6.07) is 6.27. The lowest BCUT2D eigenvalue weighted by molar-refractivity contribution is 0.122. The Balaban J connectivity index is 2.18. The van der Waals surface area contributed by atoms with Crippen LogP contribution < -0.4 is 21.5 Å². The molecule has 0 unspecified atom stereocenters. The molecule has 5 nitrogen and oxygen atoms in total. The van der Waals surface area contributed by atoms with Crippen LogP contribution in [0.2, 0.25) is 0 Å². The number of benzene rings is 1. The molecule has 1 aromatic rings. The zero-order valence-corrected chi connectivity index (χ0v) is 11.1. The van der Waals surface area contributed by atoms with Gasteiger partial charge in [0.1, 0.15) is 0 Å². The fraction of sp³-hybridized carbons (Fsp3) is 0.538. The molecule has 0 saturated carbocycles. The van der Waals surface area contributed by atoms with Gasteiger partial charge in [0.15, 0.2) is 0 Å². The molecule has 5 heteroatoms. The summed E-state index contributed by atoms with van der Waals surface area (Å²) in [5, 5.41) is 1.69. The average Bonchev–Trinajstić information content (AvgIpc) is 2.38. The number of ether oxygens (including phenoxy) is 1. The predicted molar refractivity (Wildman–Crippen MR) is 75.7 cm³/mol. The Morgan fingerprint density at radius 1 is 1.28 bits per heavy atom. The highest BCUT2D eigenvalue weighted by Crippen LogP contribution is 2.28. The lowest BCUT2D eigenvalue weighted by atomic mass is 10.2. The molecule has 4 N–H and O–H groups in total. The van der Waals surface area contributed by atoms with E-state index in [0.717, 1.165) is 43.4 Å². The van der Waals surface area contributed by atoms with Crippen LogP contribution >= 0.6 is 0 Å². The van der Waals surface area contributed by atoms with Gasteiger partial charge in [-0.15, -0.1) is 0 Å². The first-order valence-corrected chi connectivity index (χ1v) is 6.35. The van der Waals surface area contributed by atoms with Crippen molar-refractivity contribution in [3.8, 4) is 0 Å². The molecule has 0 atom stereocenters. The minimum absolute atomic E-state index is 0.224. The van der Waals surface area contributed by atoms with Gasteiger partial charge < -0.3 is 20.4 Å². The van der Waals surface area contributed by atoms with E-state index in [1.807, 2.05) is 26.0 Å². The van der Waals surface area contributed by atoms with Gasteiger partial charge in [-0.05, 0) is 32.0 Å². The summed E-state index contributed by atoms with van der Waals surface area (Å²) >= 11 is 0. The van der Waals surface area contributed by atoms with Crippen LogP contribution in [-0.4, -0.2) is 32.3 Å². The van der Waals surface area contributed by atoms with Crippen molar-refractivity contribution in [2.24, 2.45) is 5.84 Å². The van der Waals surface area contributed by atoms with E-state index in [4.69, 9.17) is 16.3 Å². The van der Waals surface area contributed by atoms with Gasteiger partial charge in [0.25, 0.3) is 0 Å². The van der Waals surface area contributed by atoms with Gasteiger partial charge >= 0.3 is 0 Å². The van der Waals surface area contributed by atoms with Gasteiger partial charge in [-0.1, -0.05) is 0 Å². The van der Waals surface area contributed by atoms with Crippen molar-refractivity contribution in [3.63, 3.8) is 0 Å². The van der Waals surface area contributed by atoms with Crippen LogP contribution in [0.25, 0.3) is 0 Å². The minimum Gasteiger partial charge on any atom is -0.397 e. The fourth-order valence-electron chi connectivity index (χ4n) is 2.07. The molecule has 1 heterocycles. The maximum absolute atomic E-state index is 6.09. The smallest absolute Gasteiger partial charge is 0.0751 e. The van der Waals surface area contributed by atoms with Gasteiger partial charge in [0, 0.05) is 24.8 Å². The minimum atomic E-state index is 0.224. The second-order valence-corrected chi connectivity index (χ2v) is 4.84. The molecule has 0 spiro atoms. The molecule has 1 aliphatic heterocycles. The van der Waals surface area contributed by atoms with Gasteiger partial charge in [-0.2, -0.15) is 0 Å². The van der Waals surface area contributed by atoms with Gasteiger partial charge in [-0.3, -0.25) is 0 Å². The SMILES string of the molecule is CC(C)N(N)c1ccc(N2CCOCC2)cc1N. The first-order valence-electron chi connectivity index (χ1n) is 6.35. The van der Waals surface area contributed by atoms with Crippen molar-refractivity contribution < 1.29 is 4.74 Å². The Morgan fingerprint density at radius 2 is 1.94 bits per heavy atom. The van der Waals surface area contributed by atoms with Crippen LogP contribution in [-0.2, 0) is 4.74 Å². The molecule has 0 aliphatic carbocycles. The van der Waals surface area contributed by atoms with Gasteiger partial charge in [0.2, 0.25) is 0 Å². The number of hydrogen-bond donors (Lipinski definition) is 2. The van der Waals surface area contributed by atoms with E-state index in [0.29, 0.717) is 0 Å². The molecule has 100 valence electrons. The van der Waals surface area contributed by atoms with Gasteiger partial charge in [0.05, 0.1) is 24.6 Å². The topological polar surface area (TPSA) is 67.8 Å². The average molecular weight is 250 g/mol. The van der Waals surface area contributed by atoms with Crippen molar-refractivity contribution in [2.75, 3.05) is 41.9 Å². The number of nitrogens with zero attached hydrogens (tertiary/aromatic N) is 2. The maximum atomic E-state index is 6.09. The third-order valence-corrected chi connectivity index (χ3v) is 3.22. The summed E-state index contributed by atoms with van der Waals surface area (Å²) in [4.78, 5) is 2.28. The summed E-state index contributed by atoms with van der Waals surface area (Å²) in [7, 11) is 0. The summed E-state index contributed by atoms with van der Waals surface area (Å²) < 4.78 is 5.34. The number of morpholine rings is 1. The van der Waals surface area contributed by atoms with Crippen molar-refractivity contribution in [2.45, 2.75) is 19.9 Å². The van der Waals surface area contributed by atoms with E-state index in [9.17, 15) is 0 Å². The van der Waals surface area contributed by atoms with Crippen LogP contribution in [0, 0.1) is 0 Å². The summed E-state index contributed by atoms with van der Waals surface area (Å²) in [6.45, 7) is 7.45. The molecule has 1 saturated heterocycles. The first kappa shape index (κ1) is 13.0. The standard InChI is InChI=1S/C13H22N4O/c1-10(2)17(15)13-4-3-11(9-12(13)14)16-5-7-18-8-6-16/h3-4,9-10H,5-8,14-15H2,1-2H3. The molecule has 2 rings (SSSR count). The number of nitrogen functional groups attached to an aromatic ring is 1. The molecule has 1 fully saturated rings. The Kier molecular flexibility index (Phi) is 3.93. The van der Waals surface area contributed by atoms with Gasteiger partial charge in [-0.25, -0.2) is 5.84 Å². The van der Waals surface area contributed by atoms with E-state index in [1.165, 1.54) is 0 Å². The van der Waals surface area contributed by atoms with Crippen molar-refractivity contribution >= 4 is 17.1 Å². The summed E-state index contributed by atoms with van der Waals surface area (Å²) in [5.74, 6) is 5.99. The van der Waals surface area contributed by atoms with E-state index in [2.05, 4.69) is 11.0 Å². The summed E-state index contributed by atoms with van der Waals surface area (Å²) in [5.41, 5.74) is 8.82. The monoisotopic (exact) mass is 250 g/mol. The number of hydrazine groups is 1. The Morgan fingerprint density at radius 3 is 2.50 bits per heavy atom. The zero-order valence-electron chi connectivity index (χ0n) is 11.1. The molecule has 18 heavy (non-hydrogen) atoms. The quantitative estimate of drug-likeness (QED) is 0.479. The second-order valence-electron chi connectivity index (χ2n) is 4.84. The van der Waals surface area contributed by atoms with E-state index >= 15 is 0 Å². The Bertz CT molecular complexity index is 402. The van der Waals surface area contributed by atoms with Crippen molar-refractivity contribution in [1.29, 1.82) is 0 Å². The largest absolute Gasteiger partial charge is 0.397 e. The number of rotatable bonds is 3. The van der Waals surface area contributed by atoms with Crippen LogP contribution in [0.1, 0.15) is 13.8 Å². The van der Waals surface area contributed by atoms with E-state index < -0.39 is 0 Å². The lowest BCUT2D eigenvalue weighted by Gasteiger charge is -2.30.